The average Bonchev–Trinajstić information content (AvgIpc) is 2.41. The zero-order valence-corrected chi connectivity index (χ0v) is 12.7. The molecule has 0 spiro atoms. The van der Waals surface area contributed by atoms with Gasteiger partial charge in [-0.15, -0.1) is 0 Å². The molecule has 0 saturated carbocycles. The van der Waals surface area contributed by atoms with Crippen molar-refractivity contribution in [3.8, 4) is 0 Å². The summed E-state index contributed by atoms with van der Waals surface area (Å²) in [5.41, 5.74) is 0. The summed E-state index contributed by atoms with van der Waals surface area (Å²) in [5.74, 6) is -0.0357. The second-order valence-corrected chi connectivity index (χ2v) is 4.81. The van der Waals surface area contributed by atoms with Gasteiger partial charge in [-0.2, -0.15) is 0 Å². The van der Waals surface area contributed by atoms with Crippen molar-refractivity contribution in [1.29, 1.82) is 0 Å². The first kappa shape index (κ1) is 18.2. The van der Waals surface area contributed by atoms with Crippen molar-refractivity contribution in [2.45, 2.75) is 64.7 Å². The molecular weight excluding hydrogens is 240 g/mol. The predicted molar refractivity (Wildman–Crippen MR) is 79.2 cm³/mol. The lowest BCUT2D eigenvalue weighted by molar-refractivity contribution is -0.143. The van der Waals surface area contributed by atoms with Gasteiger partial charge in [0.05, 0.1) is 13.2 Å². The number of carbonyl (C=O) groups excluding carboxylic acids is 1. The van der Waals surface area contributed by atoms with Crippen LogP contribution in [0.2, 0.25) is 0 Å². The number of hydrogen-bond donors (Lipinski definition) is 0. The number of esters is 1. The summed E-state index contributed by atoms with van der Waals surface area (Å²) < 4.78 is 10.1. The Morgan fingerprint density at radius 3 is 2.53 bits per heavy atom. The smallest absolute Gasteiger partial charge is 0.305 e. The van der Waals surface area contributed by atoms with E-state index in [1.807, 2.05) is 6.08 Å². The summed E-state index contributed by atoms with van der Waals surface area (Å²) in [6.45, 7) is 3.46. The maximum atomic E-state index is 11.4. The van der Waals surface area contributed by atoms with E-state index in [0.29, 0.717) is 19.6 Å². The molecule has 3 heteroatoms. The maximum absolute atomic E-state index is 11.4. The van der Waals surface area contributed by atoms with Gasteiger partial charge in [-0.05, 0) is 25.7 Å². The predicted octanol–water partition coefficient (Wildman–Crippen LogP) is 4.26. The van der Waals surface area contributed by atoms with Crippen molar-refractivity contribution in [2.24, 2.45) is 0 Å². The molecule has 0 saturated heterocycles. The second-order valence-electron chi connectivity index (χ2n) is 4.81. The topological polar surface area (TPSA) is 35.5 Å². The molecule has 0 radical (unpaired) electrons. The Hall–Kier alpha value is -0.830. The Balaban J connectivity index is 3.20. The second kappa shape index (κ2) is 15.2. The number of ether oxygens (including phenoxy) is 2. The molecule has 112 valence electrons. The maximum Gasteiger partial charge on any atom is 0.305 e. The molecule has 0 aromatic carbocycles. The van der Waals surface area contributed by atoms with Crippen LogP contribution in [0, 0.1) is 0 Å². The van der Waals surface area contributed by atoms with Gasteiger partial charge in [-0.1, -0.05) is 44.8 Å². The first-order valence-corrected chi connectivity index (χ1v) is 7.60. The van der Waals surface area contributed by atoms with Crippen LogP contribution < -0.4 is 0 Å². The summed E-state index contributed by atoms with van der Waals surface area (Å²) in [4.78, 5) is 11.4. The standard InChI is InChI=1S/C16H30O3/c1-3-4-5-12-15-19-16(17)13-10-8-6-7-9-11-14-18-2/h9,11H,3-8,10,12-15H2,1-2H3. The van der Waals surface area contributed by atoms with Crippen LogP contribution in [0.25, 0.3) is 0 Å². The van der Waals surface area contributed by atoms with E-state index in [9.17, 15) is 4.79 Å². The lowest BCUT2D eigenvalue weighted by Crippen LogP contribution is -2.05. The number of methoxy groups -OCH3 is 1. The first-order chi connectivity index (χ1) is 9.31. The Bertz CT molecular complexity index is 224. The molecular formula is C16H30O3. The van der Waals surface area contributed by atoms with E-state index in [4.69, 9.17) is 9.47 Å². The monoisotopic (exact) mass is 270 g/mol. The molecule has 3 nitrogen and oxygen atoms in total. The Kier molecular flexibility index (Phi) is 14.6. The van der Waals surface area contributed by atoms with Gasteiger partial charge in [0.15, 0.2) is 0 Å². The van der Waals surface area contributed by atoms with Gasteiger partial charge >= 0.3 is 5.97 Å². The van der Waals surface area contributed by atoms with Crippen LogP contribution in [-0.4, -0.2) is 26.3 Å². The fraction of sp³-hybridized carbons (Fsp3) is 0.812. The SMILES string of the molecule is CCCCCCOC(=O)CCCCCC=CCOC. The van der Waals surface area contributed by atoms with E-state index in [2.05, 4.69) is 13.0 Å². The van der Waals surface area contributed by atoms with Crippen molar-refractivity contribution in [3.05, 3.63) is 12.2 Å². The van der Waals surface area contributed by atoms with Gasteiger partial charge < -0.3 is 9.47 Å². The van der Waals surface area contributed by atoms with E-state index < -0.39 is 0 Å². The van der Waals surface area contributed by atoms with Crippen molar-refractivity contribution in [1.82, 2.24) is 0 Å². The van der Waals surface area contributed by atoms with Crippen LogP contribution >= 0.6 is 0 Å². The molecule has 0 aromatic rings. The van der Waals surface area contributed by atoms with Crippen LogP contribution in [0.5, 0.6) is 0 Å². The summed E-state index contributed by atoms with van der Waals surface area (Å²) in [5, 5.41) is 0. The molecule has 0 amide bonds. The largest absolute Gasteiger partial charge is 0.466 e. The van der Waals surface area contributed by atoms with Crippen LogP contribution in [0.3, 0.4) is 0 Å². The minimum absolute atomic E-state index is 0.0357. The molecule has 0 atom stereocenters. The van der Waals surface area contributed by atoms with Gasteiger partial charge in [0.2, 0.25) is 0 Å². The summed E-state index contributed by atoms with van der Waals surface area (Å²) in [6.07, 6.45) is 13.6. The molecule has 19 heavy (non-hydrogen) atoms. The number of carbonyl (C=O) groups is 1. The summed E-state index contributed by atoms with van der Waals surface area (Å²) >= 11 is 0. The third-order valence-electron chi connectivity index (χ3n) is 2.94. The van der Waals surface area contributed by atoms with Gasteiger partial charge in [0.25, 0.3) is 0 Å². The highest BCUT2D eigenvalue weighted by atomic mass is 16.5. The molecule has 0 aliphatic carbocycles. The van der Waals surface area contributed by atoms with Crippen LogP contribution in [0.1, 0.15) is 64.7 Å². The molecule has 0 heterocycles. The van der Waals surface area contributed by atoms with Crippen molar-refractivity contribution in [3.63, 3.8) is 0 Å². The number of hydrogen-bond acceptors (Lipinski definition) is 3. The highest BCUT2D eigenvalue weighted by Gasteiger charge is 2.01. The highest BCUT2D eigenvalue weighted by molar-refractivity contribution is 5.69. The quantitative estimate of drug-likeness (QED) is 0.285. The van der Waals surface area contributed by atoms with E-state index in [0.717, 1.165) is 38.5 Å². The number of rotatable bonds is 13. The third kappa shape index (κ3) is 15.1. The van der Waals surface area contributed by atoms with E-state index in [1.54, 1.807) is 7.11 Å². The molecule has 0 rings (SSSR count). The lowest BCUT2D eigenvalue weighted by atomic mass is 10.1. The minimum Gasteiger partial charge on any atom is -0.466 e. The molecule has 0 aromatic heterocycles. The Morgan fingerprint density at radius 1 is 1.00 bits per heavy atom. The normalized spacial score (nSPS) is 11.1. The van der Waals surface area contributed by atoms with Gasteiger partial charge in [0.1, 0.15) is 0 Å². The van der Waals surface area contributed by atoms with E-state index >= 15 is 0 Å². The first-order valence-electron chi connectivity index (χ1n) is 7.60. The Labute approximate surface area is 118 Å². The van der Waals surface area contributed by atoms with Gasteiger partial charge in [-0.3, -0.25) is 4.79 Å². The molecule has 0 fully saturated rings. The highest BCUT2D eigenvalue weighted by Crippen LogP contribution is 2.06. The molecule has 0 N–H and O–H groups in total. The summed E-state index contributed by atoms with van der Waals surface area (Å²) in [6, 6.07) is 0. The summed E-state index contributed by atoms with van der Waals surface area (Å²) in [7, 11) is 1.69. The number of unbranched alkanes of at least 4 members (excludes halogenated alkanes) is 6. The third-order valence-corrected chi connectivity index (χ3v) is 2.94. The zero-order chi connectivity index (χ0) is 14.2. The fourth-order valence-electron chi connectivity index (χ4n) is 1.78. The lowest BCUT2D eigenvalue weighted by Gasteiger charge is -2.04. The Morgan fingerprint density at radius 2 is 1.79 bits per heavy atom. The number of allylic oxidation sites excluding steroid dienone is 1. The van der Waals surface area contributed by atoms with Crippen molar-refractivity contribution < 1.29 is 14.3 Å². The molecule has 0 aliphatic heterocycles. The van der Waals surface area contributed by atoms with Crippen LogP contribution in [0.15, 0.2) is 12.2 Å². The molecule has 0 unspecified atom stereocenters. The van der Waals surface area contributed by atoms with Crippen molar-refractivity contribution >= 4 is 5.97 Å². The van der Waals surface area contributed by atoms with E-state index in [-0.39, 0.29) is 5.97 Å². The van der Waals surface area contributed by atoms with E-state index in [1.165, 1.54) is 12.8 Å². The van der Waals surface area contributed by atoms with Gasteiger partial charge in [-0.25, -0.2) is 0 Å². The van der Waals surface area contributed by atoms with Crippen LogP contribution in [-0.2, 0) is 14.3 Å². The molecule has 0 aliphatic rings. The minimum atomic E-state index is -0.0357. The fourth-order valence-corrected chi connectivity index (χ4v) is 1.78. The van der Waals surface area contributed by atoms with Crippen LogP contribution in [0.4, 0.5) is 0 Å². The van der Waals surface area contributed by atoms with Crippen molar-refractivity contribution in [2.75, 3.05) is 20.3 Å². The van der Waals surface area contributed by atoms with Gasteiger partial charge in [0, 0.05) is 13.5 Å². The average molecular weight is 270 g/mol. The zero-order valence-electron chi connectivity index (χ0n) is 12.7. The molecule has 0 bridgehead atoms.